The van der Waals surface area contributed by atoms with E-state index in [1.54, 1.807) is 0 Å². The molecule has 8 aromatic rings. The molecule has 11 rings (SSSR count). The van der Waals surface area contributed by atoms with Crippen LogP contribution in [0, 0.1) is 0 Å². The molecule has 256 valence electrons. The van der Waals surface area contributed by atoms with Crippen molar-refractivity contribution in [1.82, 2.24) is 0 Å². The molecule has 0 fully saturated rings. The lowest BCUT2D eigenvalue weighted by Gasteiger charge is -2.32. The van der Waals surface area contributed by atoms with Crippen LogP contribution >= 0.6 is 11.6 Å². The molecule has 0 bridgehead atoms. The predicted molar refractivity (Wildman–Crippen MR) is 225 cm³/mol. The number of anilines is 3. The minimum Gasteiger partial charge on any atom is -0.310 e. The number of benzene rings is 8. The maximum Gasteiger partial charge on any atom is 0.0725 e. The van der Waals surface area contributed by atoms with Crippen LogP contribution in [0.25, 0.3) is 44.5 Å². The van der Waals surface area contributed by atoms with Gasteiger partial charge in [-0.2, -0.15) is 0 Å². The van der Waals surface area contributed by atoms with Crippen LogP contribution < -0.4 is 4.90 Å². The maximum atomic E-state index is 6.69. The Balaban J connectivity index is 1.17. The molecule has 2 heteroatoms. The van der Waals surface area contributed by atoms with Crippen molar-refractivity contribution in [2.75, 3.05) is 4.90 Å². The fourth-order valence-corrected chi connectivity index (χ4v) is 10.2. The van der Waals surface area contributed by atoms with Crippen LogP contribution in [0.3, 0.4) is 0 Å². The van der Waals surface area contributed by atoms with E-state index in [-0.39, 0.29) is 5.41 Å². The van der Waals surface area contributed by atoms with Gasteiger partial charge in [0.05, 0.1) is 11.1 Å². The summed E-state index contributed by atoms with van der Waals surface area (Å²) in [6, 6.07) is 67.1. The molecular weight excluding hydrogens is 674 g/mol. The fourth-order valence-electron chi connectivity index (χ4n) is 10.0. The van der Waals surface area contributed by atoms with Crippen molar-refractivity contribution >= 4 is 28.7 Å². The highest BCUT2D eigenvalue weighted by molar-refractivity contribution is 6.31. The normalized spacial score (nSPS) is 16.3. The van der Waals surface area contributed by atoms with Crippen LogP contribution in [0.4, 0.5) is 17.1 Å². The van der Waals surface area contributed by atoms with E-state index in [9.17, 15) is 0 Å². The third-order valence-corrected chi connectivity index (χ3v) is 12.6. The zero-order valence-corrected chi connectivity index (χ0v) is 30.9. The van der Waals surface area contributed by atoms with Gasteiger partial charge in [-0.1, -0.05) is 165 Å². The zero-order valence-electron chi connectivity index (χ0n) is 30.1. The third kappa shape index (κ3) is 4.16. The summed E-state index contributed by atoms with van der Waals surface area (Å²) in [7, 11) is 0. The van der Waals surface area contributed by atoms with Crippen LogP contribution in [-0.2, 0) is 10.8 Å². The van der Waals surface area contributed by atoms with Gasteiger partial charge in [-0.05, 0) is 115 Å². The molecule has 3 aliphatic carbocycles. The molecule has 0 aliphatic heterocycles. The molecule has 0 radical (unpaired) electrons. The summed E-state index contributed by atoms with van der Waals surface area (Å²) in [6.07, 6.45) is 0. The van der Waals surface area contributed by atoms with Gasteiger partial charge in [0, 0.05) is 27.4 Å². The first-order chi connectivity index (χ1) is 26.5. The van der Waals surface area contributed by atoms with E-state index in [2.05, 4.69) is 201 Å². The number of nitrogens with zero attached hydrogens (tertiary/aromatic N) is 1. The number of para-hydroxylation sites is 1. The van der Waals surface area contributed by atoms with Gasteiger partial charge in [0.1, 0.15) is 0 Å². The highest BCUT2D eigenvalue weighted by Gasteiger charge is 2.51. The average Bonchev–Trinajstić information content (AvgIpc) is 3.76. The minimum absolute atomic E-state index is 0.123. The second-order valence-electron chi connectivity index (χ2n) is 15.4. The largest absolute Gasteiger partial charge is 0.310 e. The van der Waals surface area contributed by atoms with Crippen molar-refractivity contribution < 1.29 is 0 Å². The number of hydrogen-bond donors (Lipinski definition) is 0. The lowest BCUT2D eigenvalue weighted by molar-refractivity contribution is 0.660. The number of rotatable bonds is 4. The molecule has 0 aromatic heterocycles. The Morgan fingerprint density at radius 3 is 1.56 bits per heavy atom. The van der Waals surface area contributed by atoms with Crippen LogP contribution in [-0.4, -0.2) is 0 Å². The molecule has 8 aromatic carbocycles. The Morgan fingerprint density at radius 2 is 0.852 bits per heavy atom. The van der Waals surface area contributed by atoms with Gasteiger partial charge in [0.2, 0.25) is 0 Å². The molecule has 3 aliphatic rings. The quantitative estimate of drug-likeness (QED) is 0.176. The van der Waals surface area contributed by atoms with Crippen molar-refractivity contribution in [3.05, 3.63) is 220 Å². The Kier molecular flexibility index (Phi) is 6.64. The van der Waals surface area contributed by atoms with E-state index in [1.807, 2.05) is 0 Å². The molecule has 0 saturated carbocycles. The van der Waals surface area contributed by atoms with E-state index in [4.69, 9.17) is 11.6 Å². The lowest BCUT2D eigenvalue weighted by Crippen LogP contribution is -2.25. The Hall–Kier alpha value is -6.15. The summed E-state index contributed by atoms with van der Waals surface area (Å²) in [5.41, 5.74) is 20.8. The van der Waals surface area contributed by atoms with Gasteiger partial charge < -0.3 is 4.90 Å². The average molecular weight is 710 g/mol. The lowest BCUT2D eigenvalue weighted by atomic mass is 9.70. The van der Waals surface area contributed by atoms with E-state index in [0.717, 1.165) is 22.1 Å². The van der Waals surface area contributed by atoms with Gasteiger partial charge in [-0.25, -0.2) is 0 Å². The molecule has 1 nitrogen and oxygen atoms in total. The first-order valence-electron chi connectivity index (χ1n) is 18.8. The topological polar surface area (TPSA) is 3.24 Å². The molecule has 1 spiro atoms. The fraction of sp³-hybridized carbons (Fsp3) is 0.0769. The van der Waals surface area contributed by atoms with Gasteiger partial charge in [-0.15, -0.1) is 0 Å². The summed E-state index contributed by atoms with van der Waals surface area (Å²) in [4.78, 5) is 2.48. The first-order valence-corrected chi connectivity index (χ1v) is 19.2. The number of hydrogen-bond acceptors (Lipinski definition) is 1. The molecule has 1 unspecified atom stereocenters. The highest BCUT2D eigenvalue weighted by Crippen LogP contribution is 2.63. The van der Waals surface area contributed by atoms with Crippen molar-refractivity contribution in [3.63, 3.8) is 0 Å². The third-order valence-electron chi connectivity index (χ3n) is 12.3. The van der Waals surface area contributed by atoms with E-state index < -0.39 is 5.41 Å². The monoisotopic (exact) mass is 709 g/mol. The molecular formula is C52H36ClN. The summed E-state index contributed by atoms with van der Waals surface area (Å²) in [5.74, 6) is 0. The Labute approximate surface area is 321 Å². The Bertz CT molecular complexity index is 2830. The highest BCUT2D eigenvalue weighted by atomic mass is 35.5. The van der Waals surface area contributed by atoms with Crippen molar-refractivity contribution in [2.45, 2.75) is 24.7 Å². The predicted octanol–water partition coefficient (Wildman–Crippen LogP) is 14.1. The summed E-state index contributed by atoms with van der Waals surface area (Å²) < 4.78 is 0. The second-order valence-corrected chi connectivity index (χ2v) is 15.8. The van der Waals surface area contributed by atoms with E-state index in [1.165, 1.54) is 77.9 Å². The minimum atomic E-state index is -0.433. The standard InChI is InChI=1S/C52H36ClN/c1-51(2)44-20-10-6-17-38(44)41-27-25-36(32-49(41)51)54(50-23-13-9-16-37(50)33-14-4-3-5-15-33)35-26-29-48-43(31-35)40-19-8-12-22-46(40)52(48)45-21-11-7-18-39(45)42-30-34(53)24-28-47(42)52/h3-32H,1-2H3. The van der Waals surface area contributed by atoms with Crippen molar-refractivity contribution in [2.24, 2.45) is 0 Å². The maximum absolute atomic E-state index is 6.69. The first kappa shape index (κ1) is 31.4. The number of halogens is 1. The van der Waals surface area contributed by atoms with E-state index >= 15 is 0 Å². The number of fused-ring (bicyclic) bond motifs is 13. The Morgan fingerprint density at radius 1 is 0.370 bits per heavy atom. The van der Waals surface area contributed by atoms with Crippen LogP contribution in [0.1, 0.15) is 47.2 Å². The van der Waals surface area contributed by atoms with Crippen LogP contribution in [0.15, 0.2) is 182 Å². The summed E-state index contributed by atoms with van der Waals surface area (Å²) >= 11 is 6.69. The van der Waals surface area contributed by atoms with Crippen molar-refractivity contribution in [3.8, 4) is 44.5 Å². The molecule has 0 heterocycles. The molecule has 0 amide bonds. The van der Waals surface area contributed by atoms with Gasteiger partial charge in [0.15, 0.2) is 0 Å². The summed E-state index contributed by atoms with van der Waals surface area (Å²) in [5, 5.41) is 0.760. The molecule has 0 saturated heterocycles. The van der Waals surface area contributed by atoms with Crippen molar-refractivity contribution in [1.29, 1.82) is 0 Å². The van der Waals surface area contributed by atoms with E-state index in [0.29, 0.717) is 0 Å². The zero-order chi connectivity index (χ0) is 36.2. The van der Waals surface area contributed by atoms with Gasteiger partial charge in [0.25, 0.3) is 0 Å². The molecule has 0 N–H and O–H groups in total. The second kappa shape index (κ2) is 11.4. The SMILES string of the molecule is CC1(C)c2ccccc2-c2ccc(N(c3ccc4c(c3)-c3ccccc3C43c4ccccc4-c4cc(Cl)ccc43)c3ccccc3-c3ccccc3)cc21. The molecule has 54 heavy (non-hydrogen) atoms. The van der Waals surface area contributed by atoms with Gasteiger partial charge >= 0.3 is 0 Å². The molecule has 1 atom stereocenters. The van der Waals surface area contributed by atoms with Gasteiger partial charge in [-0.3, -0.25) is 0 Å². The smallest absolute Gasteiger partial charge is 0.0725 e. The summed E-state index contributed by atoms with van der Waals surface area (Å²) in [6.45, 7) is 4.72. The van der Waals surface area contributed by atoms with Crippen LogP contribution in [0.2, 0.25) is 5.02 Å². The van der Waals surface area contributed by atoms with Crippen LogP contribution in [0.5, 0.6) is 0 Å².